The Bertz CT molecular complexity index is 673. The van der Waals surface area contributed by atoms with Gasteiger partial charge in [0.1, 0.15) is 0 Å². The maximum absolute atomic E-state index is 13.8. The first-order chi connectivity index (χ1) is 10.2. The second-order valence-corrected chi connectivity index (χ2v) is 6.15. The zero-order chi connectivity index (χ0) is 14.4. The summed E-state index contributed by atoms with van der Waals surface area (Å²) in [6, 6.07) is 6.93. The van der Waals surface area contributed by atoms with Gasteiger partial charge in [-0.1, -0.05) is 0 Å². The van der Waals surface area contributed by atoms with E-state index < -0.39 is 5.95 Å². The predicted molar refractivity (Wildman–Crippen MR) is 79.4 cm³/mol. The first-order valence-corrected chi connectivity index (χ1v) is 7.52. The summed E-state index contributed by atoms with van der Waals surface area (Å²) in [4.78, 5) is 10.6. The van der Waals surface area contributed by atoms with Gasteiger partial charge in [0, 0.05) is 47.7 Å². The van der Waals surface area contributed by atoms with Crippen LogP contribution in [0.4, 0.5) is 4.39 Å². The first-order valence-electron chi connectivity index (χ1n) is 7.52. The molecule has 3 atom stereocenters. The quantitative estimate of drug-likeness (QED) is 0.792. The van der Waals surface area contributed by atoms with Crippen LogP contribution in [0, 0.1) is 5.95 Å². The van der Waals surface area contributed by atoms with Gasteiger partial charge in [-0.25, -0.2) is 4.98 Å². The van der Waals surface area contributed by atoms with E-state index in [1.165, 1.54) is 31.0 Å². The highest BCUT2D eigenvalue weighted by atomic mass is 18.2. The molecule has 2 bridgehead atoms. The summed E-state index contributed by atoms with van der Waals surface area (Å²) in [6.07, 6.45) is 8.90. The molecular formula is C17H18FN3. The number of rotatable bonds is 2. The van der Waals surface area contributed by atoms with Crippen molar-refractivity contribution in [1.82, 2.24) is 14.9 Å². The molecule has 0 amide bonds. The smallest absolute Gasteiger partial charge is 0.220 e. The molecule has 2 aliphatic rings. The maximum atomic E-state index is 13.8. The van der Waals surface area contributed by atoms with Gasteiger partial charge < -0.3 is 0 Å². The van der Waals surface area contributed by atoms with Crippen LogP contribution in [0.2, 0.25) is 0 Å². The number of nitrogens with zero attached hydrogens (tertiary/aromatic N) is 3. The Labute approximate surface area is 123 Å². The van der Waals surface area contributed by atoms with Gasteiger partial charge in [0.15, 0.2) is 0 Å². The average molecular weight is 282 g/mol. The van der Waals surface area contributed by atoms with Crippen LogP contribution in [0.3, 0.4) is 0 Å². The molecule has 108 valence electrons. The summed E-state index contributed by atoms with van der Waals surface area (Å²) in [5.41, 5.74) is 2.58. The summed E-state index contributed by atoms with van der Waals surface area (Å²) in [6.45, 7) is 0. The highest BCUT2D eigenvalue weighted by Gasteiger charge is 2.44. The van der Waals surface area contributed by atoms with Gasteiger partial charge in [0.25, 0.3) is 0 Å². The van der Waals surface area contributed by atoms with Crippen LogP contribution < -0.4 is 0 Å². The topological polar surface area (TPSA) is 29.0 Å². The monoisotopic (exact) mass is 282 g/mol. The first kappa shape index (κ1) is 12.9. The van der Waals surface area contributed by atoms with E-state index in [-0.39, 0.29) is 0 Å². The van der Waals surface area contributed by atoms with Crippen molar-refractivity contribution < 1.29 is 4.39 Å². The van der Waals surface area contributed by atoms with Gasteiger partial charge in [0.05, 0.1) is 0 Å². The molecule has 4 heterocycles. The van der Waals surface area contributed by atoms with Crippen molar-refractivity contribution >= 4 is 0 Å². The molecular weight excluding hydrogens is 264 g/mol. The molecule has 0 saturated carbocycles. The van der Waals surface area contributed by atoms with E-state index in [9.17, 15) is 4.39 Å². The van der Waals surface area contributed by atoms with E-state index in [2.05, 4.69) is 28.0 Å². The molecule has 3 nitrogen and oxygen atoms in total. The van der Waals surface area contributed by atoms with Crippen LogP contribution >= 0.6 is 0 Å². The average Bonchev–Trinajstić information content (AvgIpc) is 3.03. The summed E-state index contributed by atoms with van der Waals surface area (Å²) in [5.74, 6) is 0.0995. The summed E-state index contributed by atoms with van der Waals surface area (Å²) >= 11 is 0. The Kier molecular flexibility index (Phi) is 3.00. The van der Waals surface area contributed by atoms with Crippen molar-refractivity contribution in [3.05, 3.63) is 48.3 Å². The second kappa shape index (κ2) is 4.88. The Morgan fingerprint density at radius 3 is 2.90 bits per heavy atom. The number of hydrogen-bond acceptors (Lipinski definition) is 3. The fourth-order valence-electron chi connectivity index (χ4n) is 4.03. The minimum Gasteiger partial charge on any atom is -0.300 e. The van der Waals surface area contributed by atoms with Crippen LogP contribution in [-0.2, 0) is 0 Å². The van der Waals surface area contributed by atoms with Crippen molar-refractivity contribution in [1.29, 1.82) is 0 Å². The van der Waals surface area contributed by atoms with Crippen LogP contribution in [0.5, 0.6) is 0 Å². The zero-order valence-corrected chi connectivity index (χ0v) is 12.0. The second-order valence-electron chi connectivity index (χ2n) is 6.15. The normalized spacial score (nSPS) is 28.2. The highest BCUT2D eigenvalue weighted by Crippen LogP contribution is 2.45. The Balaban J connectivity index is 1.70. The van der Waals surface area contributed by atoms with Gasteiger partial charge in [-0.3, -0.25) is 9.88 Å². The van der Waals surface area contributed by atoms with Crippen molar-refractivity contribution in [2.24, 2.45) is 0 Å². The molecule has 0 unspecified atom stereocenters. The third kappa shape index (κ3) is 2.05. The number of aromatic nitrogens is 2. The predicted octanol–water partition coefficient (Wildman–Crippen LogP) is 3.23. The molecule has 0 aromatic carbocycles. The van der Waals surface area contributed by atoms with Crippen LogP contribution in [-0.4, -0.2) is 34.0 Å². The van der Waals surface area contributed by atoms with E-state index in [1.54, 1.807) is 18.3 Å². The van der Waals surface area contributed by atoms with E-state index in [1.807, 2.05) is 6.20 Å². The van der Waals surface area contributed by atoms with Crippen molar-refractivity contribution in [2.45, 2.75) is 37.3 Å². The summed E-state index contributed by atoms with van der Waals surface area (Å²) < 4.78 is 13.8. The molecule has 0 aliphatic carbocycles. The van der Waals surface area contributed by atoms with Gasteiger partial charge in [0.2, 0.25) is 5.95 Å². The fraction of sp³-hybridized carbons (Fsp3) is 0.412. The van der Waals surface area contributed by atoms with Gasteiger partial charge in [-0.2, -0.15) is 4.39 Å². The van der Waals surface area contributed by atoms with Crippen molar-refractivity contribution in [3.8, 4) is 11.1 Å². The molecule has 21 heavy (non-hydrogen) atoms. The van der Waals surface area contributed by atoms with E-state index in [0.717, 1.165) is 5.56 Å². The third-order valence-electron chi connectivity index (χ3n) is 5.14. The molecule has 2 saturated heterocycles. The van der Waals surface area contributed by atoms with Gasteiger partial charge in [-0.15, -0.1) is 0 Å². The third-order valence-corrected chi connectivity index (χ3v) is 5.14. The molecule has 0 N–H and O–H groups in total. The largest absolute Gasteiger partial charge is 0.300 e. The van der Waals surface area contributed by atoms with Gasteiger partial charge >= 0.3 is 0 Å². The number of pyridine rings is 2. The number of likely N-dealkylation sites (N-methyl/N-ethyl adjacent to an activating group) is 1. The Morgan fingerprint density at radius 1 is 1.29 bits per heavy atom. The Hall–Kier alpha value is -1.81. The lowest BCUT2D eigenvalue weighted by molar-refractivity contribution is 0.307. The molecule has 4 rings (SSSR count). The zero-order valence-electron chi connectivity index (χ0n) is 12.0. The van der Waals surface area contributed by atoms with E-state index in [4.69, 9.17) is 0 Å². The minimum atomic E-state index is -0.429. The van der Waals surface area contributed by atoms with Gasteiger partial charge in [-0.05, 0) is 50.1 Å². The van der Waals surface area contributed by atoms with Crippen molar-refractivity contribution in [2.75, 3.05) is 7.05 Å². The van der Waals surface area contributed by atoms with Crippen LogP contribution in [0.25, 0.3) is 11.1 Å². The molecule has 2 aromatic rings. The lowest BCUT2D eigenvalue weighted by atomic mass is 9.84. The highest BCUT2D eigenvalue weighted by molar-refractivity contribution is 5.62. The number of halogens is 1. The van der Waals surface area contributed by atoms with E-state index in [0.29, 0.717) is 23.6 Å². The molecule has 2 aromatic heterocycles. The van der Waals surface area contributed by atoms with E-state index >= 15 is 0 Å². The summed E-state index contributed by atoms with van der Waals surface area (Å²) in [5, 5.41) is 0. The number of fused-ring (bicyclic) bond motifs is 2. The van der Waals surface area contributed by atoms with Crippen LogP contribution in [0.15, 0.2) is 36.8 Å². The molecule has 4 heteroatoms. The molecule has 0 spiro atoms. The fourth-order valence-corrected chi connectivity index (χ4v) is 4.03. The lowest BCUT2D eigenvalue weighted by Crippen LogP contribution is -2.25. The molecule has 2 fully saturated rings. The van der Waals surface area contributed by atoms with Crippen molar-refractivity contribution in [3.63, 3.8) is 0 Å². The number of hydrogen-bond donors (Lipinski definition) is 0. The lowest BCUT2D eigenvalue weighted by Gasteiger charge is -2.22. The minimum absolute atomic E-state index is 0.429. The summed E-state index contributed by atoms with van der Waals surface area (Å²) in [7, 11) is 2.22. The molecule has 0 radical (unpaired) electrons. The maximum Gasteiger partial charge on any atom is 0.220 e. The molecule has 2 aliphatic heterocycles. The Morgan fingerprint density at radius 2 is 2.19 bits per heavy atom. The van der Waals surface area contributed by atoms with Crippen LogP contribution in [0.1, 0.15) is 30.7 Å². The SMILES string of the molecule is CN1[C@H]2CC[C@@H]1[C@@H](c1cncc(-c3cccnc3[18F])c1)C2. The standard InChI is InChI=1S/C17H18FN3/c1-21-13-4-5-16(21)15(8-13)12-7-11(9-19-10-12)14-3-2-6-20-17(14)18/h2-3,6-7,9-10,13,15-16H,4-5,8H2,1H3/t13-,15+,16+/m0/s1/i18-1.